The van der Waals surface area contributed by atoms with Crippen LogP contribution in [0.25, 0.3) is 0 Å². The molecule has 2 atom stereocenters. The molecule has 0 rings (SSSR count). The van der Waals surface area contributed by atoms with E-state index in [0.29, 0.717) is 19.4 Å². The number of carbonyl (C=O) groups is 2. The second-order valence-corrected chi connectivity index (χ2v) is 24.2. The predicted octanol–water partition coefficient (Wildman–Crippen LogP) is 22.5. The summed E-state index contributed by atoms with van der Waals surface area (Å²) < 4.78 is 5.50. The Morgan fingerprint density at radius 3 is 0.922 bits per heavy atom. The number of nitrogens with one attached hydrogen (secondary N) is 1. The third-order valence-corrected chi connectivity index (χ3v) is 16.5. The van der Waals surface area contributed by atoms with Crippen molar-refractivity contribution in [3.05, 3.63) is 24.3 Å². The first-order valence-electron chi connectivity index (χ1n) is 35.1. The van der Waals surface area contributed by atoms with Gasteiger partial charge in [-0.2, -0.15) is 0 Å². The minimum atomic E-state index is -0.843. The van der Waals surface area contributed by atoms with E-state index in [2.05, 4.69) is 31.3 Å². The molecule has 0 fully saturated rings. The molecule has 0 saturated heterocycles. The summed E-state index contributed by atoms with van der Waals surface area (Å²) in [5.74, 6) is -0.0437. The minimum Gasteiger partial charge on any atom is -0.466 e. The van der Waals surface area contributed by atoms with Crippen LogP contribution in [0, 0.1) is 0 Å². The summed E-state index contributed by atoms with van der Waals surface area (Å²) in [5.41, 5.74) is 0. The van der Waals surface area contributed by atoms with Gasteiger partial charge in [-0.05, 0) is 57.8 Å². The van der Waals surface area contributed by atoms with Gasteiger partial charge in [0, 0.05) is 12.8 Å². The number of rotatable bonds is 66. The molecule has 0 spiro atoms. The molecule has 0 aliphatic heterocycles. The molecule has 0 radical (unpaired) electrons. The largest absolute Gasteiger partial charge is 0.466 e. The Kier molecular flexibility index (Phi) is 65.4. The van der Waals surface area contributed by atoms with Crippen LogP contribution >= 0.6 is 0 Å². The zero-order valence-corrected chi connectivity index (χ0v) is 52.2. The number of hydrogen-bond acceptors (Lipinski definition) is 5. The van der Waals surface area contributed by atoms with Crippen LogP contribution in [-0.4, -0.2) is 47.4 Å². The maximum Gasteiger partial charge on any atom is 0.305 e. The van der Waals surface area contributed by atoms with Gasteiger partial charge in [0.1, 0.15) is 0 Å². The highest BCUT2D eigenvalue weighted by Crippen LogP contribution is 2.18. The highest BCUT2D eigenvalue weighted by atomic mass is 16.5. The Labute approximate surface area is 481 Å². The maximum atomic E-state index is 12.5. The van der Waals surface area contributed by atoms with Gasteiger partial charge in [0.25, 0.3) is 0 Å². The first kappa shape index (κ1) is 75.3. The lowest BCUT2D eigenvalue weighted by atomic mass is 10.0. The Bertz CT molecular complexity index is 1200. The zero-order valence-electron chi connectivity index (χ0n) is 52.2. The van der Waals surface area contributed by atoms with E-state index in [9.17, 15) is 19.8 Å². The van der Waals surface area contributed by atoms with Crippen LogP contribution in [-0.2, 0) is 14.3 Å². The molecular formula is C71H137NO5. The van der Waals surface area contributed by atoms with Crippen molar-refractivity contribution < 1.29 is 24.5 Å². The van der Waals surface area contributed by atoms with Crippen LogP contribution in [0.3, 0.4) is 0 Å². The van der Waals surface area contributed by atoms with Gasteiger partial charge in [0.2, 0.25) is 5.91 Å². The van der Waals surface area contributed by atoms with Crippen LogP contribution in [0.1, 0.15) is 393 Å². The van der Waals surface area contributed by atoms with Crippen molar-refractivity contribution in [2.24, 2.45) is 0 Å². The van der Waals surface area contributed by atoms with Gasteiger partial charge in [-0.3, -0.25) is 9.59 Å². The molecule has 0 aromatic rings. The fourth-order valence-electron chi connectivity index (χ4n) is 11.1. The third kappa shape index (κ3) is 63.4. The van der Waals surface area contributed by atoms with E-state index in [1.54, 1.807) is 6.08 Å². The second-order valence-electron chi connectivity index (χ2n) is 24.2. The zero-order chi connectivity index (χ0) is 55.7. The summed E-state index contributed by atoms with van der Waals surface area (Å²) in [5, 5.41) is 23.2. The van der Waals surface area contributed by atoms with Crippen molar-refractivity contribution >= 4 is 11.9 Å². The summed E-state index contributed by atoms with van der Waals surface area (Å²) >= 11 is 0. The Morgan fingerprint density at radius 1 is 0.351 bits per heavy atom. The van der Waals surface area contributed by atoms with Crippen molar-refractivity contribution in [3.8, 4) is 0 Å². The van der Waals surface area contributed by atoms with E-state index >= 15 is 0 Å². The molecule has 1 amide bonds. The third-order valence-electron chi connectivity index (χ3n) is 16.5. The molecule has 0 heterocycles. The molecule has 0 aromatic heterocycles. The lowest BCUT2D eigenvalue weighted by molar-refractivity contribution is -0.143. The maximum absolute atomic E-state index is 12.5. The van der Waals surface area contributed by atoms with Crippen molar-refractivity contribution in [1.82, 2.24) is 5.32 Å². The number of unbranched alkanes of at least 4 members (excludes halogenated alkanes) is 53. The van der Waals surface area contributed by atoms with E-state index in [4.69, 9.17) is 4.74 Å². The van der Waals surface area contributed by atoms with Gasteiger partial charge >= 0.3 is 5.97 Å². The van der Waals surface area contributed by atoms with Gasteiger partial charge in [-0.25, -0.2) is 0 Å². The number of ether oxygens (including phenoxy) is 1. The van der Waals surface area contributed by atoms with Gasteiger partial charge < -0.3 is 20.3 Å². The minimum absolute atomic E-state index is 0.0203. The van der Waals surface area contributed by atoms with Crippen molar-refractivity contribution in [2.75, 3.05) is 13.2 Å². The van der Waals surface area contributed by atoms with Crippen molar-refractivity contribution in [1.29, 1.82) is 0 Å². The van der Waals surface area contributed by atoms with E-state index in [1.807, 2.05) is 6.08 Å². The molecule has 0 aliphatic rings. The lowest BCUT2D eigenvalue weighted by Gasteiger charge is -2.20. The lowest BCUT2D eigenvalue weighted by Crippen LogP contribution is -2.45. The highest BCUT2D eigenvalue weighted by Gasteiger charge is 2.18. The summed E-state index contributed by atoms with van der Waals surface area (Å²) in [6.45, 7) is 4.94. The molecule has 3 N–H and O–H groups in total. The summed E-state index contributed by atoms with van der Waals surface area (Å²) in [6.07, 6.45) is 84.0. The highest BCUT2D eigenvalue weighted by molar-refractivity contribution is 5.76. The predicted molar refractivity (Wildman–Crippen MR) is 338 cm³/mol. The van der Waals surface area contributed by atoms with Gasteiger partial charge in [0.15, 0.2) is 0 Å². The van der Waals surface area contributed by atoms with Gasteiger partial charge in [-0.15, -0.1) is 0 Å². The average Bonchev–Trinajstić information content (AvgIpc) is 3.43. The molecule has 6 heteroatoms. The molecule has 456 valence electrons. The number of aliphatic hydroxyl groups excluding tert-OH is 2. The molecule has 2 unspecified atom stereocenters. The normalized spacial score (nSPS) is 12.6. The fraction of sp³-hybridized carbons (Fsp3) is 0.915. The first-order chi connectivity index (χ1) is 38.0. The van der Waals surface area contributed by atoms with E-state index < -0.39 is 12.1 Å². The van der Waals surface area contributed by atoms with Crippen LogP contribution in [0.5, 0.6) is 0 Å². The molecular weight excluding hydrogens is 947 g/mol. The van der Waals surface area contributed by atoms with Crippen LogP contribution in [0.4, 0.5) is 0 Å². The second kappa shape index (κ2) is 66.8. The Morgan fingerprint density at radius 2 is 0.610 bits per heavy atom. The number of hydrogen-bond donors (Lipinski definition) is 3. The van der Waals surface area contributed by atoms with Gasteiger partial charge in [-0.1, -0.05) is 346 Å². The van der Waals surface area contributed by atoms with E-state index in [-0.39, 0.29) is 18.5 Å². The number of amides is 1. The molecule has 0 aromatic carbocycles. The molecule has 0 saturated carbocycles. The topological polar surface area (TPSA) is 95.9 Å². The number of allylic oxidation sites excluding steroid dienone is 3. The quantitative estimate of drug-likeness (QED) is 0.0320. The summed E-state index contributed by atoms with van der Waals surface area (Å²) in [7, 11) is 0. The summed E-state index contributed by atoms with van der Waals surface area (Å²) in [4.78, 5) is 24.6. The fourth-order valence-corrected chi connectivity index (χ4v) is 11.1. The smallest absolute Gasteiger partial charge is 0.305 e. The van der Waals surface area contributed by atoms with Crippen LogP contribution < -0.4 is 5.32 Å². The van der Waals surface area contributed by atoms with Crippen LogP contribution in [0.15, 0.2) is 24.3 Å². The van der Waals surface area contributed by atoms with E-state index in [1.165, 1.54) is 327 Å². The Hall–Kier alpha value is -1.66. The molecule has 0 bridgehead atoms. The number of carbonyl (C=O) groups excluding carboxylic acids is 2. The molecule has 6 nitrogen and oxygen atoms in total. The van der Waals surface area contributed by atoms with Crippen LogP contribution in [0.2, 0.25) is 0 Å². The van der Waals surface area contributed by atoms with E-state index in [0.717, 1.165) is 38.5 Å². The van der Waals surface area contributed by atoms with Crippen molar-refractivity contribution in [2.45, 2.75) is 405 Å². The summed E-state index contributed by atoms with van der Waals surface area (Å²) in [6, 6.07) is -0.626. The SMILES string of the molecule is CCCCCCCCCCCCCCC/C=C/C(O)C(CO)NC(=O)CCCCCCCCCCCCCCCC/C=C\CCCCCCCCCCCCCCOC(=O)CCCCCCCCCCCCCCCCC. The Balaban J connectivity index is 3.36. The average molecular weight is 1080 g/mol. The number of aliphatic hydroxyl groups is 2. The first-order valence-corrected chi connectivity index (χ1v) is 35.1. The van der Waals surface area contributed by atoms with Gasteiger partial charge in [0.05, 0.1) is 25.4 Å². The number of esters is 1. The molecule has 77 heavy (non-hydrogen) atoms. The van der Waals surface area contributed by atoms with Crippen molar-refractivity contribution in [3.63, 3.8) is 0 Å². The standard InChI is InChI=1S/C71H137NO5/c1-3-5-7-9-11-13-15-17-35-39-43-47-51-55-59-63-69(74)68(67-73)72-70(75)64-60-56-52-48-44-40-37-33-31-29-27-25-23-21-19-20-22-24-26-28-30-32-34-38-42-46-50-54-58-62-66-77-71(76)65-61-57-53-49-45-41-36-18-16-14-12-10-8-6-4-2/h20,22,59,63,68-69,73-74H,3-19,21,23-58,60-62,64-67H2,1-2H3,(H,72,75)/b22-20-,63-59+. The monoisotopic (exact) mass is 1080 g/mol. The molecule has 0 aliphatic carbocycles.